The molecule has 1 saturated carbocycles. The minimum atomic E-state index is -0.109. The van der Waals surface area contributed by atoms with Gasteiger partial charge in [-0.3, -0.25) is 9.20 Å². The maximum Gasteiger partial charge on any atom is 0.258 e. The molecule has 4 atom stereocenters. The van der Waals surface area contributed by atoms with Crippen molar-refractivity contribution in [3.8, 4) is 11.4 Å². The lowest BCUT2D eigenvalue weighted by molar-refractivity contribution is 0.0629. The Balaban J connectivity index is 1.23. The highest BCUT2D eigenvalue weighted by Gasteiger charge is 2.56. The quantitative estimate of drug-likeness (QED) is 0.523. The van der Waals surface area contributed by atoms with Gasteiger partial charge in [-0.25, -0.2) is 9.97 Å². The molecule has 156 valence electrons. The summed E-state index contributed by atoms with van der Waals surface area (Å²) in [5, 5.41) is 12.3. The van der Waals surface area contributed by atoms with Crippen molar-refractivity contribution in [2.24, 2.45) is 23.7 Å². The first-order valence-electron chi connectivity index (χ1n) is 10.8. The van der Waals surface area contributed by atoms with Gasteiger partial charge in [0.1, 0.15) is 17.2 Å². The average Bonchev–Trinajstić information content (AvgIpc) is 3.45. The summed E-state index contributed by atoms with van der Waals surface area (Å²) < 4.78 is 3.11. The van der Waals surface area contributed by atoms with E-state index in [1.165, 1.54) is 4.63 Å². The molecule has 7 rings (SSSR count). The third-order valence-corrected chi connectivity index (χ3v) is 7.41. The summed E-state index contributed by atoms with van der Waals surface area (Å²) in [5.41, 5.74) is 3.41. The number of hydrogen-bond acceptors (Lipinski definition) is 7. The summed E-state index contributed by atoms with van der Waals surface area (Å²) in [6.45, 7) is 6.32. The van der Waals surface area contributed by atoms with E-state index in [-0.39, 0.29) is 5.56 Å². The van der Waals surface area contributed by atoms with Gasteiger partial charge in [0.15, 0.2) is 5.65 Å². The van der Waals surface area contributed by atoms with Crippen LogP contribution >= 0.6 is 0 Å². The molecule has 1 N–H and O–H groups in total. The number of nitrogens with zero attached hydrogens (tertiary/aromatic N) is 7. The molecule has 0 bridgehead atoms. The molecule has 6 heterocycles. The van der Waals surface area contributed by atoms with E-state index in [0.29, 0.717) is 28.5 Å². The van der Waals surface area contributed by atoms with Gasteiger partial charge in [0.2, 0.25) is 0 Å². The van der Waals surface area contributed by atoms with E-state index >= 15 is 0 Å². The Morgan fingerprint density at radius 3 is 2.48 bits per heavy atom. The monoisotopic (exact) mass is 414 g/mol. The van der Waals surface area contributed by atoms with E-state index in [9.17, 15) is 4.79 Å². The van der Waals surface area contributed by atoms with Crippen molar-refractivity contribution in [3.05, 3.63) is 52.7 Å². The molecule has 0 spiro atoms. The molecule has 9 nitrogen and oxygen atoms in total. The molecule has 2 aliphatic heterocycles. The van der Waals surface area contributed by atoms with Gasteiger partial charge in [0, 0.05) is 25.4 Å². The number of fused-ring (bicyclic) bond motifs is 6. The van der Waals surface area contributed by atoms with E-state index in [1.807, 2.05) is 31.3 Å². The van der Waals surface area contributed by atoms with Crippen LogP contribution in [-0.4, -0.2) is 55.4 Å². The summed E-state index contributed by atoms with van der Waals surface area (Å²) in [6, 6.07) is 9.21. The molecule has 4 aromatic rings. The Labute approximate surface area is 177 Å². The Bertz CT molecular complexity index is 1390. The van der Waals surface area contributed by atoms with Crippen LogP contribution in [0.15, 0.2) is 41.3 Å². The van der Waals surface area contributed by atoms with E-state index < -0.39 is 0 Å². The smallest absolute Gasteiger partial charge is 0.258 e. The minimum absolute atomic E-state index is 0.109. The highest BCUT2D eigenvalue weighted by Crippen LogP contribution is 2.52. The lowest BCUT2D eigenvalue weighted by Crippen LogP contribution is -2.44. The van der Waals surface area contributed by atoms with Gasteiger partial charge in [-0.1, -0.05) is 0 Å². The van der Waals surface area contributed by atoms with Gasteiger partial charge >= 0.3 is 0 Å². The molecule has 2 saturated heterocycles. The van der Waals surface area contributed by atoms with Crippen LogP contribution < -0.4 is 15.8 Å². The largest absolute Gasteiger partial charge is 0.370 e. The summed E-state index contributed by atoms with van der Waals surface area (Å²) in [4.78, 5) is 24.4. The van der Waals surface area contributed by atoms with Crippen molar-refractivity contribution in [2.75, 3.05) is 31.1 Å². The fourth-order valence-electron chi connectivity index (χ4n) is 5.92. The van der Waals surface area contributed by atoms with Crippen LogP contribution in [0.4, 0.5) is 5.69 Å². The van der Waals surface area contributed by atoms with Crippen molar-refractivity contribution < 1.29 is 0 Å². The third-order valence-electron chi connectivity index (χ3n) is 7.41. The Morgan fingerprint density at radius 1 is 0.903 bits per heavy atom. The molecular weight excluding hydrogens is 392 g/mol. The molecular formula is C22H22N8O. The molecule has 3 aliphatic rings. The average molecular weight is 414 g/mol. The summed E-state index contributed by atoms with van der Waals surface area (Å²) in [7, 11) is 0. The lowest BCUT2D eigenvalue weighted by atomic mass is 9.60. The van der Waals surface area contributed by atoms with Gasteiger partial charge in [-0.05, 0) is 68.0 Å². The van der Waals surface area contributed by atoms with Gasteiger partial charge in [-0.15, -0.1) is 14.8 Å². The number of aryl methyl sites for hydroxylation is 1. The predicted octanol–water partition coefficient (Wildman–Crippen LogP) is 1.01. The Morgan fingerprint density at radius 2 is 1.68 bits per heavy atom. The van der Waals surface area contributed by atoms with Crippen LogP contribution in [0.3, 0.4) is 0 Å². The first kappa shape index (κ1) is 17.4. The predicted molar refractivity (Wildman–Crippen MR) is 115 cm³/mol. The molecule has 0 aromatic carbocycles. The summed E-state index contributed by atoms with van der Waals surface area (Å²) in [5.74, 6) is 3.89. The molecule has 0 amide bonds. The minimum Gasteiger partial charge on any atom is -0.370 e. The van der Waals surface area contributed by atoms with E-state index in [2.05, 4.69) is 36.4 Å². The summed E-state index contributed by atoms with van der Waals surface area (Å²) in [6.07, 6.45) is 1.94. The van der Waals surface area contributed by atoms with Crippen LogP contribution in [-0.2, 0) is 0 Å². The number of anilines is 1. The maximum atomic E-state index is 12.9. The lowest BCUT2D eigenvalue weighted by Gasteiger charge is -2.43. The van der Waals surface area contributed by atoms with Crippen LogP contribution in [0, 0.1) is 30.6 Å². The van der Waals surface area contributed by atoms with Gasteiger partial charge in [0.05, 0.1) is 11.4 Å². The molecule has 31 heavy (non-hydrogen) atoms. The van der Waals surface area contributed by atoms with Crippen molar-refractivity contribution in [2.45, 2.75) is 6.92 Å². The second kappa shape index (κ2) is 6.10. The van der Waals surface area contributed by atoms with Crippen LogP contribution in [0.25, 0.3) is 22.7 Å². The number of nitrogens with one attached hydrogen (secondary N) is 1. The van der Waals surface area contributed by atoms with E-state index in [0.717, 1.165) is 55.5 Å². The maximum absolute atomic E-state index is 12.9. The van der Waals surface area contributed by atoms with Crippen LogP contribution in [0.5, 0.6) is 0 Å². The van der Waals surface area contributed by atoms with Crippen LogP contribution in [0.1, 0.15) is 5.82 Å². The van der Waals surface area contributed by atoms with Crippen molar-refractivity contribution in [1.82, 2.24) is 34.5 Å². The zero-order valence-electron chi connectivity index (χ0n) is 17.1. The van der Waals surface area contributed by atoms with Gasteiger partial charge < -0.3 is 10.2 Å². The van der Waals surface area contributed by atoms with Gasteiger partial charge in [0.25, 0.3) is 5.56 Å². The van der Waals surface area contributed by atoms with Crippen molar-refractivity contribution in [3.63, 3.8) is 0 Å². The fraction of sp³-hybridized carbons (Fsp3) is 0.409. The van der Waals surface area contributed by atoms with E-state index in [4.69, 9.17) is 0 Å². The second-order valence-corrected chi connectivity index (χ2v) is 9.04. The standard InChI is InChI=1S/C22H22N8O/c1-12-24-21-5-3-18(27-30(21)26-12)19-6-22(31)29-9-13(2-4-20(29)25-19)28-10-16-14-7-23-8-15(14)17(16)11-28/h2-6,9,14-17,23H,7-8,10-11H2,1H3/t14?,15?,16-,17?/m1/s1. The Hall–Kier alpha value is -3.33. The molecule has 1 aliphatic carbocycles. The third kappa shape index (κ3) is 2.49. The first-order valence-corrected chi connectivity index (χ1v) is 10.8. The normalized spacial score (nSPS) is 26.9. The Kier molecular flexibility index (Phi) is 3.42. The van der Waals surface area contributed by atoms with Crippen LogP contribution in [0.2, 0.25) is 0 Å². The fourth-order valence-corrected chi connectivity index (χ4v) is 5.92. The topological polar surface area (TPSA) is 92.7 Å². The van der Waals surface area contributed by atoms with Gasteiger partial charge in [-0.2, -0.15) is 0 Å². The molecule has 4 aromatic heterocycles. The second-order valence-electron chi connectivity index (χ2n) is 9.04. The van der Waals surface area contributed by atoms with Crippen molar-refractivity contribution in [1.29, 1.82) is 0 Å². The molecule has 0 radical (unpaired) electrons. The highest BCUT2D eigenvalue weighted by molar-refractivity contribution is 5.60. The molecule has 3 fully saturated rings. The highest BCUT2D eigenvalue weighted by atomic mass is 16.1. The zero-order chi connectivity index (χ0) is 20.7. The van der Waals surface area contributed by atoms with E-state index in [1.54, 1.807) is 10.5 Å². The SMILES string of the molecule is Cc1nc2ccc(-c3cc(=O)n4cc(N5CC6C7CNCC7[C@H]6C5)ccc4n3)nn2n1. The number of rotatable bonds is 2. The first-order chi connectivity index (χ1) is 15.1. The van der Waals surface area contributed by atoms with Crippen molar-refractivity contribution >= 4 is 17.0 Å². The number of hydrogen-bond donors (Lipinski definition) is 1. The molecule has 9 heteroatoms. The number of aromatic nitrogens is 6. The molecule has 3 unspecified atom stereocenters. The number of pyridine rings is 1. The summed E-state index contributed by atoms with van der Waals surface area (Å²) >= 11 is 0. The zero-order valence-corrected chi connectivity index (χ0v) is 17.1.